The number of rotatable bonds is 7. The number of aromatic nitrogens is 2. The predicted molar refractivity (Wildman–Crippen MR) is 67.5 cm³/mol. The van der Waals surface area contributed by atoms with E-state index in [0.29, 0.717) is 0 Å². The van der Waals surface area contributed by atoms with Gasteiger partial charge in [-0.2, -0.15) is 0 Å². The number of hydrogen-bond acceptors (Lipinski definition) is 3. The van der Waals surface area contributed by atoms with Gasteiger partial charge in [-0.1, -0.05) is 6.92 Å². The zero-order valence-corrected chi connectivity index (χ0v) is 10.9. The minimum absolute atomic E-state index is 0.304. The number of likely N-dealkylation sites (N-methyl/N-ethyl adjacent to an activating group) is 1. The number of amides is 1. The Balaban J connectivity index is 2.50. The van der Waals surface area contributed by atoms with Crippen LogP contribution in [0.25, 0.3) is 0 Å². The highest BCUT2D eigenvalue weighted by atomic mass is 16.1. The standard InChI is InChI=1S/C12H22N4O/c1-4-10-15-7-9-16(10)8-5-6-12(2,14-3)11(13)17/h7,9,14H,4-6,8H2,1-3H3,(H2,13,17). The lowest BCUT2D eigenvalue weighted by Crippen LogP contribution is -2.51. The van der Waals surface area contributed by atoms with Crippen LogP contribution in [0.1, 0.15) is 32.5 Å². The highest BCUT2D eigenvalue weighted by molar-refractivity contribution is 5.84. The van der Waals surface area contributed by atoms with Crippen molar-refractivity contribution < 1.29 is 4.79 Å². The molecule has 3 N–H and O–H groups in total. The lowest BCUT2D eigenvalue weighted by Gasteiger charge is -2.25. The predicted octanol–water partition coefficient (Wildman–Crippen LogP) is 0.689. The van der Waals surface area contributed by atoms with Gasteiger partial charge in [0.1, 0.15) is 5.82 Å². The molecule has 0 bridgehead atoms. The Morgan fingerprint density at radius 3 is 2.88 bits per heavy atom. The topological polar surface area (TPSA) is 72.9 Å². The molecule has 17 heavy (non-hydrogen) atoms. The van der Waals surface area contributed by atoms with Crippen LogP contribution in [-0.4, -0.2) is 28.0 Å². The number of nitrogens with one attached hydrogen (secondary N) is 1. The van der Waals surface area contributed by atoms with Crippen LogP contribution in [0.4, 0.5) is 0 Å². The van der Waals surface area contributed by atoms with Gasteiger partial charge >= 0.3 is 0 Å². The van der Waals surface area contributed by atoms with Crippen molar-refractivity contribution >= 4 is 5.91 Å². The normalized spacial score (nSPS) is 14.5. The highest BCUT2D eigenvalue weighted by Crippen LogP contribution is 2.12. The second-order valence-corrected chi connectivity index (χ2v) is 4.44. The van der Waals surface area contributed by atoms with E-state index in [1.807, 2.05) is 19.3 Å². The first kappa shape index (κ1) is 13.7. The van der Waals surface area contributed by atoms with Gasteiger partial charge in [0.05, 0.1) is 5.54 Å². The summed E-state index contributed by atoms with van der Waals surface area (Å²) in [7, 11) is 1.76. The summed E-state index contributed by atoms with van der Waals surface area (Å²) < 4.78 is 2.12. The highest BCUT2D eigenvalue weighted by Gasteiger charge is 2.28. The van der Waals surface area contributed by atoms with Crippen LogP contribution < -0.4 is 11.1 Å². The minimum Gasteiger partial charge on any atom is -0.368 e. The van der Waals surface area contributed by atoms with E-state index < -0.39 is 5.54 Å². The summed E-state index contributed by atoms with van der Waals surface area (Å²) >= 11 is 0. The van der Waals surface area contributed by atoms with Crippen LogP contribution >= 0.6 is 0 Å². The molecule has 5 heteroatoms. The largest absolute Gasteiger partial charge is 0.368 e. The Morgan fingerprint density at radius 1 is 1.65 bits per heavy atom. The maximum atomic E-state index is 11.3. The molecule has 0 aliphatic heterocycles. The van der Waals surface area contributed by atoms with Gasteiger partial charge in [0.2, 0.25) is 5.91 Å². The molecule has 1 aromatic heterocycles. The van der Waals surface area contributed by atoms with Crippen molar-refractivity contribution in [3.05, 3.63) is 18.2 Å². The zero-order chi connectivity index (χ0) is 12.9. The van der Waals surface area contributed by atoms with Crippen LogP contribution in [0.15, 0.2) is 12.4 Å². The summed E-state index contributed by atoms with van der Waals surface area (Å²) in [5.74, 6) is 0.775. The van der Waals surface area contributed by atoms with Crippen LogP contribution in [0.2, 0.25) is 0 Å². The van der Waals surface area contributed by atoms with Crippen molar-refractivity contribution in [2.45, 2.75) is 45.2 Å². The second kappa shape index (κ2) is 5.82. The Labute approximate surface area is 102 Å². The molecule has 1 heterocycles. The average molecular weight is 238 g/mol. The maximum absolute atomic E-state index is 11.3. The lowest BCUT2D eigenvalue weighted by molar-refractivity contribution is -0.123. The van der Waals surface area contributed by atoms with E-state index in [0.717, 1.165) is 31.6 Å². The number of carbonyl (C=O) groups is 1. The average Bonchev–Trinajstić information content (AvgIpc) is 2.76. The maximum Gasteiger partial charge on any atom is 0.237 e. The van der Waals surface area contributed by atoms with E-state index in [2.05, 4.69) is 21.8 Å². The molecule has 1 amide bonds. The minimum atomic E-state index is -0.618. The molecule has 0 radical (unpaired) electrons. The van der Waals surface area contributed by atoms with E-state index in [-0.39, 0.29) is 5.91 Å². The molecule has 0 spiro atoms. The molecule has 1 unspecified atom stereocenters. The van der Waals surface area contributed by atoms with Crippen molar-refractivity contribution in [2.75, 3.05) is 7.05 Å². The fourth-order valence-electron chi connectivity index (χ4n) is 1.83. The van der Waals surface area contributed by atoms with Crippen molar-refractivity contribution in [2.24, 2.45) is 5.73 Å². The number of nitrogens with two attached hydrogens (primary N) is 1. The molecule has 0 aliphatic rings. The third-order valence-electron chi connectivity index (χ3n) is 3.29. The van der Waals surface area contributed by atoms with Gasteiger partial charge in [-0.3, -0.25) is 4.79 Å². The molecule has 1 aromatic rings. The first-order valence-electron chi connectivity index (χ1n) is 6.02. The van der Waals surface area contributed by atoms with Crippen LogP contribution in [0.5, 0.6) is 0 Å². The molecular weight excluding hydrogens is 216 g/mol. The summed E-state index contributed by atoms with van der Waals surface area (Å²) in [6.45, 7) is 4.79. The van der Waals surface area contributed by atoms with Crippen molar-refractivity contribution in [1.82, 2.24) is 14.9 Å². The quantitative estimate of drug-likeness (QED) is 0.734. The number of nitrogens with zero attached hydrogens (tertiary/aromatic N) is 2. The Morgan fingerprint density at radius 2 is 2.35 bits per heavy atom. The molecule has 0 aromatic carbocycles. The van der Waals surface area contributed by atoms with Gasteiger partial charge in [0.15, 0.2) is 0 Å². The van der Waals surface area contributed by atoms with Gasteiger partial charge in [0, 0.05) is 25.4 Å². The van der Waals surface area contributed by atoms with E-state index >= 15 is 0 Å². The summed E-state index contributed by atoms with van der Waals surface area (Å²) in [6, 6.07) is 0. The second-order valence-electron chi connectivity index (χ2n) is 4.44. The summed E-state index contributed by atoms with van der Waals surface area (Å²) in [5.41, 5.74) is 4.76. The number of imidazole rings is 1. The van der Waals surface area contributed by atoms with E-state index in [1.54, 1.807) is 7.05 Å². The van der Waals surface area contributed by atoms with Gasteiger partial charge < -0.3 is 15.6 Å². The summed E-state index contributed by atoms with van der Waals surface area (Å²) in [4.78, 5) is 15.6. The molecular formula is C12H22N4O. The smallest absolute Gasteiger partial charge is 0.237 e. The van der Waals surface area contributed by atoms with E-state index in [1.165, 1.54) is 0 Å². The molecule has 1 atom stereocenters. The van der Waals surface area contributed by atoms with E-state index in [4.69, 9.17) is 5.73 Å². The molecule has 5 nitrogen and oxygen atoms in total. The third-order valence-corrected chi connectivity index (χ3v) is 3.29. The number of aryl methyl sites for hydroxylation is 2. The van der Waals surface area contributed by atoms with Crippen molar-refractivity contribution in [3.8, 4) is 0 Å². The fraction of sp³-hybridized carbons (Fsp3) is 0.667. The van der Waals surface area contributed by atoms with Crippen molar-refractivity contribution in [1.29, 1.82) is 0 Å². The van der Waals surface area contributed by atoms with Gasteiger partial charge in [-0.15, -0.1) is 0 Å². The Hall–Kier alpha value is -1.36. The monoisotopic (exact) mass is 238 g/mol. The molecule has 0 fully saturated rings. The first-order chi connectivity index (χ1) is 8.03. The lowest BCUT2D eigenvalue weighted by atomic mass is 9.95. The first-order valence-corrected chi connectivity index (χ1v) is 6.02. The third kappa shape index (κ3) is 3.30. The molecule has 0 saturated carbocycles. The number of primary amides is 1. The Kier molecular flexibility index (Phi) is 4.69. The number of hydrogen-bond donors (Lipinski definition) is 2. The molecule has 0 saturated heterocycles. The van der Waals surface area contributed by atoms with Gasteiger partial charge in [0.25, 0.3) is 0 Å². The molecule has 1 rings (SSSR count). The van der Waals surface area contributed by atoms with Crippen molar-refractivity contribution in [3.63, 3.8) is 0 Å². The number of carbonyl (C=O) groups excluding carboxylic acids is 1. The van der Waals surface area contributed by atoms with Crippen LogP contribution in [-0.2, 0) is 17.8 Å². The SMILES string of the molecule is CCc1nccn1CCCC(C)(NC)C(N)=O. The molecule has 0 aliphatic carbocycles. The zero-order valence-electron chi connectivity index (χ0n) is 10.9. The summed E-state index contributed by atoms with van der Waals surface area (Å²) in [6.07, 6.45) is 6.32. The van der Waals surface area contributed by atoms with Gasteiger partial charge in [-0.05, 0) is 26.8 Å². The van der Waals surface area contributed by atoms with Crippen LogP contribution in [0.3, 0.4) is 0 Å². The fourth-order valence-corrected chi connectivity index (χ4v) is 1.83. The van der Waals surface area contributed by atoms with Gasteiger partial charge in [-0.25, -0.2) is 4.98 Å². The summed E-state index contributed by atoms with van der Waals surface area (Å²) in [5, 5.41) is 2.99. The van der Waals surface area contributed by atoms with Crippen LogP contribution in [0, 0.1) is 0 Å². The van der Waals surface area contributed by atoms with E-state index in [9.17, 15) is 4.79 Å². The molecule has 96 valence electrons. The Bertz CT molecular complexity index is 374.